The zero-order valence-electron chi connectivity index (χ0n) is 11.5. The number of aromatic nitrogens is 1. The van der Waals surface area contributed by atoms with Crippen LogP contribution >= 0.6 is 22.7 Å². The summed E-state index contributed by atoms with van der Waals surface area (Å²) in [5.41, 5.74) is 1.11. The van der Waals surface area contributed by atoms with Crippen LogP contribution in [-0.4, -0.2) is 16.1 Å². The lowest BCUT2D eigenvalue weighted by Gasteiger charge is -2.16. The van der Waals surface area contributed by atoms with Gasteiger partial charge in [0.1, 0.15) is 0 Å². The number of thiophene rings is 1. The molecule has 0 saturated heterocycles. The highest BCUT2D eigenvalue weighted by Gasteiger charge is 2.13. The van der Waals surface area contributed by atoms with Gasteiger partial charge in [-0.15, -0.1) is 22.7 Å². The molecule has 0 spiro atoms. The average Bonchev–Trinajstić information content (AvgIpc) is 2.96. The Bertz CT molecular complexity index is 508. The molecule has 0 unspecified atom stereocenters. The van der Waals surface area contributed by atoms with Crippen molar-refractivity contribution in [2.24, 2.45) is 0 Å². The first-order valence-electron chi connectivity index (χ1n) is 6.44. The highest BCUT2D eigenvalue weighted by molar-refractivity contribution is 7.11. The fourth-order valence-electron chi connectivity index (χ4n) is 2.02. The summed E-state index contributed by atoms with van der Waals surface area (Å²) in [7, 11) is 0. The molecule has 0 amide bonds. The first-order chi connectivity index (χ1) is 9.06. The van der Waals surface area contributed by atoms with Crippen molar-refractivity contribution < 1.29 is 5.11 Å². The van der Waals surface area contributed by atoms with Crippen molar-refractivity contribution in [1.29, 1.82) is 0 Å². The zero-order chi connectivity index (χ0) is 13.8. The van der Waals surface area contributed by atoms with Crippen LogP contribution in [0.4, 0.5) is 0 Å². The average molecular weight is 296 g/mol. The number of nitrogens with zero attached hydrogens (tertiary/aromatic N) is 1. The Morgan fingerprint density at radius 1 is 1.42 bits per heavy atom. The molecule has 0 aromatic carbocycles. The smallest absolute Gasteiger partial charge is 0.0900 e. The number of rotatable bonds is 6. The number of nitrogens with one attached hydrogen (secondary N) is 1. The van der Waals surface area contributed by atoms with Gasteiger partial charge in [-0.05, 0) is 38.6 Å². The Labute approximate surface area is 122 Å². The Morgan fingerprint density at radius 3 is 2.79 bits per heavy atom. The summed E-state index contributed by atoms with van der Waals surface area (Å²) in [6.07, 6.45) is 0.365. The molecule has 2 atom stereocenters. The predicted molar refractivity (Wildman–Crippen MR) is 81.8 cm³/mol. The maximum absolute atomic E-state index is 10.1. The van der Waals surface area contributed by atoms with Crippen molar-refractivity contribution in [3.8, 4) is 0 Å². The largest absolute Gasteiger partial charge is 0.388 e. The number of aliphatic hydroxyl groups is 1. The van der Waals surface area contributed by atoms with E-state index in [9.17, 15) is 5.11 Å². The number of hydrogen-bond donors (Lipinski definition) is 2. The van der Waals surface area contributed by atoms with E-state index in [1.807, 2.05) is 31.4 Å². The van der Waals surface area contributed by atoms with Gasteiger partial charge in [0.15, 0.2) is 0 Å². The second-order valence-corrected chi connectivity index (χ2v) is 7.06. The van der Waals surface area contributed by atoms with Crippen molar-refractivity contribution in [1.82, 2.24) is 10.3 Å². The standard InChI is InChI=1S/C14H20N2OS2/c1-9(7-12(17)13-5-4-6-18-13)15-8-14-10(2)16-11(3)19-14/h4-6,9,12,15,17H,7-8H2,1-3H3/t9-,12-/m1/s1. The Morgan fingerprint density at radius 2 is 2.21 bits per heavy atom. The van der Waals surface area contributed by atoms with Gasteiger partial charge in [-0.25, -0.2) is 4.98 Å². The summed E-state index contributed by atoms with van der Waals surface area (Å²) in [5, 5.41) is 16.7. The van der Waals surface area contributed by atoms with Crippen molar-refractivity contribution in [2.75, 3.05) is 0 Å². The maximum Gasteiger partial charge on any atom is 0.0900 e. The van der Waals surface area contributed by atoms with Crippen LogP contribution < -0.4 is 5.32 Å². The number of aliphatic hydroxyl groups excluding tert-OH is 1. The molecule has 0 saturated carbocycles. The van der Waals surface area contributed by atoms with Gasteiger partial charge in [-0.3, -0.25) is 0 Å². The van der Waals surface area contributed by atoms with Crippen LogP contribution in [-0.2, 0) is 6.54 Å². The van der Waals surface area contributed by atoms with E-state index in [4.69, 9.17) is 0 Å². The van der Waals surface area contributed by atoms with Crippen LogP contribution in [0.1, 0.15) is 39.9 Å². The van der Waals surface area contributed by atoms with E-state index in [2.05, 4.69) is 17.2 Å². The summed E-state index contributed by atoms with van der Waals surface area (Å²) in [5.74, 6) is 0. The number of aryl methyl sites for hydroxylation is 2. The van der Waals surface area contributed by atoms with Crippen LogP contribution in [0, 0.1) is 13.8 Å². The molecule has 0 aliphatic rings. The van der Waals surface area contributed by atoms with Crippen LogP contribution in [0.25, 0.3) is 0 Å². The third kappa shape index (κ3) is 4.11. The van der Waals surface area contributed by atoms with Crippen molar-refractivity contribution in [3.63, 3.8) is 0 Å². The van der Waals surface area contributed by atoms with Crippen LogP contribution in [0.5, 0.6) is 0 Å². The van der Waals surface area contributed by atoms with E-state index in [-0.39, 0.29) is 12.1 Å². The van der Waals surface area contributed by atoms with Crippen LogP contribution in [0.3, 0.4) is 0 Å². The second-order valence-electron chi connectivity index (χ2n) is 4.79. The molecular weight excluding hydrogens is 276 g/mol. The van der Waals surface area contributed by atoms with Gasteiger partial charge < -0.3 is 10.4 Å². The van der Waals surface area contributed by atoms with Gasteiger partial charge in [-0.1, -0.05) is 6.07 Å². The SMILES string of the molecule is Cc1nc(C)c(CN[C@H](C)C[C@@H](O)c2cccs2)s1. The third-order valence-electron chi connectivity index (χ3n) is 3.06. The predicted octanol–water partition coefficient (Wildman–Crippen LogP) is 3.42. The quantitative estimate of drug-likeness (QED) is 0.858. The van der Waals surface area contributed by atoms with Gasteiger partial charge in [0.25, 0.3) is 0 Å². The van der Waals surface area contributed by atoms with Crippen molar-refractivity contribution >= 4 is 22.7 Å². The minimum atomic E-state index is -0.369. The first-order valence-corrected chi connectivity index (χ1v) is 8.13. The van der Waals surface area contributed by atoms with Crippen molar-refractivity contribution in [3.05, 3.63) is 38.0 Å². The summed E-state index contributed by atoms with van der Waals surface area (Å²) in [4.78, 5) is 6.75. The van der Waals surface area contributed by atoms with E-state index < -0.39 is 0 Å². The summed E-state index contributed by atoms with van der Waals surface area (Å²) >= 11 is 3.35. The fraction of sp³-hybridized carbons (Fsp3) is 0.500. The lowest BCUT2D eigenvalue weighted by atomic mass is 10.1. The molecule has 2 heterocycles. The van der Waals surface area contributed by atoms with Gasteiger partial charge >= 0.3 is 0 Å². The highest BCUT2D eigenvalue weighted by Crippen LogP contribution is 2.23. The normalized spacial score (nSPS) is 14.5. The molecule has 2 N–H and O–H groups in total. The van der Waals surface area contributed by atoms with E-state index in [0.717, 1.165) is 28.5 Å². The molecule has 19 heavy (non-hydrogen) atoms. The minimum Gasteiger partial charge on any atom is -0.388 e. The molecule has 0 radical (unpaired) electrons. The van der Waals surface area contributed by atoms with Gasteiger partial charge in [-0.2, -0.15) is 0 Å². The molecule has 0 aliphatic carbocycles. The molecule has 2 aromatic heterocycles. The Kier molecular flexibility index (Phi) is 5.10. The first kappa shape index (κ1) is 14.7. The fourth-order valence-corrected chi connectivity index (χ4v) is 3.63. The molecule has 5 heteroatoms. The molecule has 2 rings (SSSR count). The molecule has 0 bridgehead atoms. The van der Waals surface area contributed by atoms with Gasteiger partial charge in [0.2, 0.25) is 0 Å². The molecule has 0 aliphatic heterocycles. The summed E-state index contributed by atoms with van der Waals surface area (Å²) in [6, 6.07) is 4.24. The minimum absolute atomic E-state index is 0.277. The molecule has 2 aromatic rings. The highest BCUT2D eigenvalue weighted by atomic mass is 32.1. The topological polar surface area (TPSA) is 45.2 Å². The third-order valence-corrected chi connectivity index (χ3v) is 5.11. The maximum atomic E-state index is 10.1. The lowest BCUT2D eigenvalue weighted by molar-refractivity contribution is 0.157. The van der Waals surface area contributed by atoms with E-state index in [1.54, 1.807) is 22.7 Å². The summed E-state index contributed by atoms with van der Waals surface area (Å²) < 4.78 is 0. The number of thiazole rings is 1. The van der Waals surface area contributed by atoms with Gasteiger partial charge in [0, 0.05) is 22.3 Å². The second kappa shape index (κ2) is 6.61. The lowest BCUT2D eigenvalue weighted by Crippen LogP contribution is -2.27. The molecule has 104 valence electrons. The summed E-state index contributed by atoms with van der Waals surface area (Å²) in [6.45, 7) is 7.02. The zero-order valence-corrected chi connectivity index (χ0v) is 13.1. The van der Waals surface area contributed by atoms with E-state index in [1.165, 1.54) is 4.88 Å². The Hall–Kier alpha value is -0.750. The van der Waals surface area contributed by atoms with Crippen molar-refractivity contribution in [2.45, 2.75) is 45.9 Å². The number of hydrogen-bond acceptors (Lipinski definition) is 5. The van der Waals surface area contributed by atoms with Gasteiger partial charge in [0.05, 0.1) is 16.8 Å². The molecular formula is C14H20N2OS2. The monoisotopic (exact) mass is 296 g/mol. The Balaban J connectivity index is 1.81. The van der Waals surface area contributed by atoms with E-state index in [0.29, 0.717) is 0 Å². The van der Waals surface area contributed by atoms with Crippen LogP contribution in [0.15, 0.2) is 17.5 Å². The van der Waals surface area contributed by atoms with E-state index >= 15 is 0 Å². The molecule has 0 fully saturated rings. The molecule has 3 nitrogen and oxygen atoms in total. The van der Waals surface area contributed by atoms with Crippen LogP contribution in [0.2, 0.25) is 0 Å².